The smallest absolute Gasteiger partial charge is 0.270 e. The van der Waals surface area contributed by atoms with E-state index in [1.807, 2.05) is 35.4 Å². The molecule has 4 saturated heterocycles. The normalized spacial score (nSPS) is 24.8. The first-order chi connectivity index (χ1) is 34.2. The van der Waals surface area contributed by atoms with E-state index in [9.17, 15) is 33.9 Å². The fourth-order valence-corrected chi connectivity index (χ4v) is 12.7. The van der Waals surface area contributed by atoms with E-state index < -0.39 is 35.6 Å². The summed E-state index contributed by atoms with van der Waals surface area (Å²) in [6.07, 6.45) is 9.06. The Morgan fingerprint density at radius 1 is 0.803 bits per heavy atom. The molecule has 0 radical (unpaired) electrons. The Labute approximate surface area is 412 Å². The summed E-state index contributed by atoms with van der Waals surface area (Å²) in [5.41, 5.74) is 13.0. The number of piperazine rings is 1. The number of aromatic nitrogens is 3. The second-order valence-corrected chi connectivity index (χ2v) is 21.2. The van der Waals surface area contributed by atoms with Crippen LogP contribution in [0.1, 0.15) is 112 Å². The number of benzene rings is 1. The number of nitrogens with zero attached hydrogens (tertiary/aromatic N) is 9. The van der Waals surface area contributed by atoms with Gasteiger partial charge in [0.05, 0.1) is 59.3 Å². The highest BCUT2D eigenvalue weighted by molar-refractivity contribution is 6.23. The summed E-state index contributed by atoms with van der Waals surface area (Å²) in [6.45, 7) is 12.7. The molecule has 19 nitrogen and oxygen atoms in total. The van der Waals surface area contributed by atoms with Crippen molar-refractivity contribution in [3.05, 3.63) is 88.6 Å². The number of imide groups is 2. The third-order valence-corrected chi connectivity index (χ3v) is 16.2. The molecule has 6 aliphatic heterocycles. The number of hydrogen-bond acceptors (Lipinski definition) is 14. The van der Waals surface area contributed by atoms with Gasteiger partial charge in [0.15, 0.2) is 5.69 Å². The number of nitrogens with one attached hydrogen (secondary N) is 2. The first kappa shape index (κ1) is 46.5. The maximum atomic E-state index is 14.1. The van der Waals surface area contributed by atoms with Crippen molar-refractivity contribution in [1.29, 1.82) is 0 Å². The van der Waals surface area contributed by atoms with Crippen LogP contribution < -0.4 is 31.1 Å². The molecule has 71 heavy (non-hydrogen) atoms. The Balaban J connectivity index is 0.707. The van der Waals surface area contributed by atoms with Gasteiger partial charge in [0.2, 0.25) is 11.8 Å². The molecule has 372 valence electrons. The largest absolute Gasteiger partial charge is 0.394 e. The fourth-order valence-electron chi connectivity index (χ4n) is 12.7. The maximum Gasteiger partial charge on any atom is 0.270 e. The fraction of sp³-hybridized carbons (Fsp3) is 0.500. The lowest BCUT2D eigenvalue weighted by molar-refractivity contribution is -0.136. The number of aliphatic hydroxyl groups is 1. The predicted octanol–water partition coefficient (Wildman–Crippen LogP) is 3.31. The predicted molar refractivity (Wildman–Crippen MR) is 265 cm³/mol. The van der Waals surface area contributed by atoms with Crippen LogP contribution in [0.15, 0.2) is 54.9 Å². The zero-order valence-corrected chi connectivity index (χ0v) is 40.6. The molecule has 3 aromatic heterocycles. The van der Waals surface area contributed by atoms with Crippen LogP contribution in [0, 0.1) is 5.41 Å². The first-order valence-electron chi connectivity index (χ1n) is 25.2. The zero-order valence-electron chi connectivity index (χ0n) is 40.6. The number of pyridine rings is 2. The average molecular weight is 967 g/mol. The van der Waals surface area contributed by atoms with Gasteiger partial charge in [-0.2, -0.15) is 0 Å². The second kappa shape index (κ2) is 18.1. The van der Waals surface area contributed by atoms with Crippen LogP contribution in [0.3, 0.4) is 0 Å². The van der Waals surface area contributed by atoms with Gasteiger partial charge in [-0.05, 0) is 105 Å². The van der Waals surface area contributed by atoms with Gasteiger partial charge in [0.25, 0.3) is 23.6 Å². The summed E-state index contributed by atoms with van der Waals surface area (Å²) in [5.74, 6) is -2.17. The number of nitrogens with two attached hydrogens (primary N) is 1. The van der Waals surface area contributed by atoms with Gasteiger partial charge in [-0.1, -0.05) is 13.8 Å². The lowest BCUT2D eigenvalue weighted by Crippen LogP contribution is -2.60. The van der Waals surface area contributed by atoms with E-state index >= 15 is 0 Å². The van der Waals surface area contributed by atoms with Gasteiger partial charge in [-0.15, -0.1) is 0 Å². The highest BCUT2D eigenvalue weighted by atomic mass is 16.3. The van der Waals surface area contributed by atoms with Gasteiger partial charge >= 0.3 is 0 Å². The van der Waals surface area contributed by atoms with Gasteiger partial charge in [0, 0.05) is 82.2 Å². The number of anilines is 5. The molecule has 0 spiro atoms. The van der Waals surface area contributed by atoms with E-state index in [4.69, 9.17) is 10.7 Å². The Morgan fingerprint density at radius 2 is 1.56 bits per heavy atom. The average Bonchev–Trinajstić information content (AvgIpc) is 3.95. The van der Waals surface area contributed by atoms with Crippen LogP contribution in [0.4, 0.5) is 28.6 Å². The molecule has 4 aromatic rings. The van der Waals surface area contributed by atoms with Gasteiger partial charge < -0.3 is 40.3 Å². The molecule has 7 aliphatic rings. The number of fused-ring (bicyclic) bond motifs is 4. The number of primary amides is 1. The van der Waals surface area contributed by atoms with Crippen molar-refractivity contribution in [2.24, 2.45) is 11.1 Å². The summed E-state index contributed by atoms with van der Waals surface area (Å²) in [7, 11) is 0. The van der Waals surface area contributed by atoms with Crippen LogP contribution >= 0.6 is 0 Å². The molecule has 1 unspecified atom stereocenters. The highest BCUT2D eigenvalue weighted by Gasteiger charge is 2.46. The lowest BCUT2D eigenvalue weighted by Gasteiger charge is -2.47. The monoisotopic (exact) mass is 966 g/mol. The van der Waals surface area contributed by atoms with Crippen molar-refractivity contribution in [2.45, 2.75) is 109 Å². The van der Waals surface area contributed by atoms with Crippen LogP contribution in [0.25, 0.3) is 0 Å². The quantitative estimate of drug-likeness (QED) is 0.168. The van der Waals surface area contributed by atoms with Gasteiger partial charge in [-0.3, -0.25) is 43.9 Å². The minimum absolute atomic E-state index is 0.0141. The van der Waals surface area contributed by atoms with Crippen molar-refractivity contribution in [3.63, 3.8) is 0 Å². The summed E-state index contributed by atoms with van der Waals surface area (Å²) in [5, 5.41) is 16.5. The van der Waals surface area contributed by atoms with Crippen LogP contribution in [0.5, 0.6) is 0 Å². The molecule has 0 bridgehead atoms. The molecule has 4 atom stereocenters. The number of piperidine rings is 3. The zero-order chi connectivity index (χ0) is 49.5. The summed E-state index contributed by atoms with van der Waals surface area (Å²) < 4.78 is 2.22. The van der Waals surface area contributed by atoms with Crippen molar-refractivity contribution < 1.29 is 33.9 Å². The van der Waals surface area contributed by atoms with Crippen LogP contribution in [0.2, 0.25) is 0 Å². The number of hydrogen-bond donors (Lipinski definition) is 4. The Hall–Kier alpha value is -6.86. The van der Waals surface area contributed by atoms with E-state index in [2.05, 4.69) is 66.6 Å². The van der Waals surface area contributed by atoms with Crippen molar-refractivity contribution in [3.8, 4) is 0 Å². The summed E-state index contributed by atoms with van der Waals surface area (Å²) >= 11 is 0. The molecular formula is C52H62N12O7. The first-order valence-corrected chi connectivity index (χ1v) is 25.2. The van der Waals surface area contributed by atoms with E-state index in [-0.39, 0.29) is 60.2 Å². The van der Waals surface area contributed by atoms with E-state index in [1.54, 1.807) is 18.3 Å². The maximum absolute atomic E-state index is 14.1. The third-order valence-electron chi connectivity index (χ3n) is 16.2. The van der Waals surface area contributed by atoms with Crippen LogP contribution in [-0.4, -0.2) is 152 Å². The number of amides is 6. The van der Waals surface area contributed by atoms with Crippen LogP contribution in [-0.2, 0) is 29.0 Å². The van der Waals surface area contributed by atoms with E-state index in [1.165, 1.54) is 11.3 Å². The molecule has 5 N–H and O–H groups in total. The van der Waals surface area contributed by atoms with Crippen molar-refractivity contribution in [1.82, 2.24) is 34.6 Å². The van der Waals surface area contributed by atoms with E-state index in [0.717, 1.165) is 99.8 Å². The Bertz CT molecular complexity index is 2840. The number of carbonyl (C=O) groups excluding carboxylic acids is 6. The molecule has 19 heteroatoms. The third kappa shape index (κ3) is 8.35. The van der Waals surface area contributed by atoms with Gasteiger partial charge in [0.1, 0.15) is 17.6 Å². The SMILES string of the molecule is C[C@H]1CN(C2CCN(c3ccc4c(c3)C(=O)N(C3CCC(=O)NC3=O)C4=O)CC2)CCN1c1ccc(Nc2cc(N3CCC[C@@H](N4CCn5c(cc6c5CC(C)(C)C6)C4=O)[C@@H]3CO)cnc2C(N)=O)nc1. The van der Waals surface area contributed by atoms with Crippen molar-refractivity contribution in [2.75, 3.05) is 72.4 Å². The minimum Gasteiger partial charge on any atom is -0.394 e. The molecular weight excluding hydrogens is 905 g/mol. The minimum atomic E-state index is -0.994. The molecule has 0 saturated carbocycles. The molecule has 4 fully saturated rings. The highest BCUT2D eigenvalue weighted by Crippen LogP contribution is 2.41. The molecule has 1 aromatic carbocycles. The second-order valence-electron chi connectivity index (χ2n) is 21.2. The van der Waals surface area contributed by atoms with Crippen molar-refractivity contribution >= 4 is 64.0 Å². The number of carbonyl (C=O) groups is 6. The molecule has 11 rings (SSSR count). The molecule has 1 aliphatic carbocycles. The number of aliphatic hydroxyl groups excluding tert-OH is 1. The molecule has 9 heterocycles. The standard InChI is InChI=1S/C52H62N12O7/c1-30-28-59(32-12-15-58(16-13-32)33-6-8-36-37(22-33)50(70)64(49(36)69)40-9-11-45(66)57-48(40)68)17-18-60(30)34-7-10-44(54-26-34)56-38-23-35(27-55-46(38)47(53)67)61-14-4-5-39(43(61)29-65)63-20-19-62-41(51(63)71)21-31-24-52(2,3)25-42(31)62/h6-8,10,21-23,26-27,30,32,39-40,43,65H,4-5,9,11-20,24-25,28-29H2,1-3H3,(H2,53,67)(H,54,56)(H,57,66,68)/t30-,39+,40?,43-/m0/s1. The summed E-state index contributed by atoms with van der Waals surface area (Å²) in [6, 6.07) is 12.2. The topological polar surface area (TPSA) is 223 Å². The Morgan fingerprint density at radius 3 is 2.30 bits per heavy atom. The van der Waals surface area contributed by atoms with Gasteiger partial charge in [-0.25, -0.2) is 9.97 Å². The summed E-state index contributed by atoms with van der Waals surface area (Å²) in [4.78, 5) is 99.3. The number of rotatable bonds is 10. The molecule has 6 amide bonds. The Kier molecular flexibility index (Phi) is 11.8. The lowest BCUT2D eigenvalue weighted by atomic mass is 9.90. The van der Waals surface area contributed by atoms with E-state index in [0.29, 0.717) is 41.9 Å².